The SMILES string of the molecule is CNS(=O)(=O)c1cc(C(=O)O[C@H](C)C(=O)c2[nH]c(C)c(C(=O)OC)c2C)ccc1OC. The van der Waals surface area contributed by atoms with Gasteiger partial charge in [-0.2, -0.15) is 0 Å². The fraction of sp³-hybridized carbons (Fsp3) is 0.350. The number of hydrogen-bond acceptors (Lipinski definition) is 8. The fourth-order valence-corrected chi connectivity index (χ4v) is 3.93. The number of ketones is 1. The van der Waals surface area contributed by atoms with E-state index in [1.165, 1.54) is 40.3 Å². The average Bonchev–Trinajstić information content (AvgIpc) is 3.05. The van der Waals surface area contributed by atoms with E-state index in [4.69, 9.17) is 14.2 Å². The van der Waals surface area contributed by atoms with E-state index in [-0.39, 0.29) is 27.5 Å². The van der Waals surface area contributed by atoms with Crippen molar-refractivity contribution in [2.75, 3.05) is 21.3 Å². The summed E-state index contributed by atoms with van der Waals surface area (Å²) in [5.74, 6) is -2.00. The highest BCUT2D eigenvalue weighted by atomic mass is 32.2. The Balaban J connectivity index is 2.30. The quantitative estimate of drug-likeness (QED) is 0.456. The lowest BCUT2D eigenvalue weighted by Crippen LogP contribution is -2.26. The molecule has 11 heteroatoms. The first-order valence-corrected chi connectivity index (χ1v) is 10.6. The lowest BCUT2D eigenvalue weighted by Gasteiger charge is -2.14. The third kappa shape index (κ3) is 4.78. The van der Waals surface area contributed by atoms with Crippen LogP contribution in [0.1, 0.15) is 49.4 Å². The molecular formula is C20H24N2O8S. The molecule has 1 atom stereocenters. The Morgan fingerprint density at radius 2 is 1.74 bits per heavy atom. The summed E-state index contributed by atoms with van der Waals surface area (Å²) in [6.07, 6.45) is -1.21. The molecule has 0 amide bonds. The van der Waals surface area contributed by atoms with Crippen LogP contribution in [0.2, 0.25) is 0 Å². The van der Waals surface area contributed by atoms with Gasteiger partial charge in [-0.3, -0.25) is 4.79 Å². The monoisotopic (exact) mass is 452 g/mol. The molecule has 0 spiro atoms. The Hall–Kier alpha value is -3.18. The lowest BCUT2D eigenvalue weighted by molar-refractivity contribution is 0.0316. The van der Waals surface area contributed by atoms with Gasteiger partial charge < -0.3 is 19.2 Å². The molecule has 2 N–H and O–H groups in total. The third-order valence-electron chi connectivity index (χ3n) is 4.68. The number of ether oxygens (including phenoxy) is 3. The summed E-state index contributed by atoms with van der Waals surface area (Å²) < 4.78 is 41.5. The molecule has 0 fully saturated rings. The fourth-order valence-electron chi connectivity index (χ4n) is 3.01. The summed E-state index contributed by atoms with van der Waals surface area (Å²) in [4.78, 5) is 39.8. The van der Waals surface area contributed by atoms with Gasteiger partial charge in [0.05, 0.1) is 31.0 Å². The minimum absolute atomic E-state index is 0.0443. The molecule has 2 aromatic rings. The average molecular weight is 452 g/mol. The molecule has 0 saturated heterocycles. The van der Waals surface area contributed by atoms with Crippen molar-refractivity contribution in [3.63, 3.8) is 0 Å². The zero-order valence-corrected chi connectivity index (χ0v) is 18.8. The number of Topliss-reactive ketones (excluding diaryl/α,β-unsaturated/α-hetero) is 1. The maximum atomic E-state index is 12.8. The topological polar surface area (TPSA) is 141 Å². The van der Waals surface area contributed by atoms with Gasteiger partial charge in [0.1, 0.15) is 10.6 Å². The number of aryl methyl sites for hydroxylation is 1. The molecule has 1 aromatic carbocycles. The molecule has 2 rings (SSSR count). The molecule has 168 valence electrons. The van der Waals surface area contributed by atoms with Crippen molar-refractivity contribution < 1.29 is 37.0 Å². The minimum Gasteiger partial charge on any atom is -0.495 e. The predicted octanol–water partition coefficient (Wildman–Crippen LogP) is 1.76. The molecular weight excluding hydrogens is 428 g/mol. The number of nitrogens with one attached hydrogen (secondary N) is 2. The molecule has 0 aliphatic rings. The van der Waals surface area contributed by atoms with Gasteiger partial charge in [-0.1, -0.05) is 0 Å². The van der Waals surface area contributed by atoms with E-state index >= 15 is 0 Å². The molecule has 0 aliphatic carbocycles. The first-order valence-electron chi connectivity index (χ1n) is 9.12. The van der Waals surface area contributed by atoms with Gasteiger partial charge in [0.2, 0.25) is 15.8 Å². The Morgan fingerprint density at radius 1 is 1.10 bits per heavy atom. The van der Waals surface area contributed by atoms with E-state index in [2.05, 4.69) is 9.71 Å². The van der Waals surface area contributed by atoms with E-state index in [0.29, 0.717) is 11.3 Å². The van der Waals surface area contributed by atoms with Crippen molar-refractivity contribution in [1.29, 1.82) is 0 Å². The summed E-state index contributed by atoms with van der Waals surface area (Å²) in [5, 5.41) is 0. The number of benzene rings is 1. The van der Waals surface area contributed by atoms with Crippen LogP contribution < -0.4 is 9.46 Å². The minimum atomic E-state index is -3.90. The maximum absolute atomic E-state index is 12.8. The number of methoxy groups -OCH3 is 2. The van der Waals surface area contributed by atoms with E-state index in [1.54, 1.807) is 13.8 Å². The number of esters is 2. The molecule has 1 heterocycles. The van der Waals surface area contributed by atoms with Gasteiger partial charge in [0.25, 0.3) is 0 Å². The predicted molar refractivity (Wildman–Crippen MR) is 110 cm³/mol. The van der Waals surface area contributed by atoms with E-state index in [1.807, 2.05) is 0 Å². The largest absolute Gasteiger partial charge is 0.495 e. The number of carbonyl (C=O) groups is 3. The third-order valence-corrected chi connectivity index (χ3v) is 6.12. The number of rotatable bonds is 8. The highest BCUT2D eigenvalue weighted by molar-refractivity contribution is 7.89. The number of aromatic amines is 1. The van der Waals surface area contributed by atoms with Crippen molar-refractivity contribution in [3.05, 3.63) is 46.3 Å². The molecule has 10 nitrogen and oxygen atoms in total. The standard InChI is InChI=1S/C20H24N2O8S/c1-10-16(20(25)29-6)11(2)22-17(10)18(23)12(3)30-19(24)13-7-8-14(28-5)15(9-13)31(26,27)21-4/h7-9,12,21-22H,1-6H3/t12-/m1/s1. The van der Waals surface area contributed by atoms with Crippen LogP contribution >= 0.6 is 0 Å². The van der Waals surface area contributed by atoms with Crippen LogP contribution in [0, 0.1) is 13.8 Å². The van der Waals surface area contributed by atoms with Crippen LogP contribution in [-0.2, 0) is 19.5 Å². The molecule has 31 heavy (non-hydrogen) atoms. The zero-order chi connectivity index (χ0) is 23.5. The van der Waals surface area contributed by atoms with Crippen molar-refractivity contribution in [2.45, 2.75) is 31.8 Å². The summed E-state index contributed by atoms with van der Waals surface area (Å²) in [6, 6.07) is 3.74. The summed E-state index contributed by atoms with van der Waals surface area (Å²) in [6.45, 7) is 4.58. The second kappa shape index (κ2) is 9.31. The first-order chi connectivity index (χ1) is 14.5. The first kappa shape index (κ1) is 24.1. The van der Waals surface area contributed by atoms with E-state index in [0.717, 1.165) is 6.07 Å². The van der Waals surface area contributed by atoms with Gasteiger partial charge in [-0.25, -0.2) is 22.7 Å². The number of hydrogen-bond donors (Lipinski definition) is 2. The Kier molecular flexibility index (Phi) is 7.24. The van der Waals surface area contributed by atoms with Crippen LogP contribution in [0.4, 0.5) is 0 Å². The Morgan fingerprint density at radius 3 is 2.29 bits per heavy atom. The second-order valence-electron chi connectivity index (χ2n) is 6.60. The highest BCUT2D eigenvalue weighted by Crippen LogP contribution is 2.26. The zero-order valence-electron chi connectivity index (χ0n) is 18.0. The van der Waals surface area contributed by atoms with Gasteiger partial charge >= 0.3 is 11.9 Å². The number of H-pyrrole nitrogens is 1. The number of sulfonamides is 1. The van der Waals surface area contributed by atoms with Crippen molar-refractivity contribution >= 4 is 27.7 Å². The summed E-state index contributed by atoms with van der Waals surface area (Å²) in [7, 11) is -0.144. The summed E-state index contributed by atoms with van der Waals surface area (Å²) in [5.41, 5.74) is 1.10. The molecule has 1 aromatic heterocycles. The van der Waals surface area contributed by atoms with E-state index < -0.39 is 33.8 Å². The van der Waals surface area contributed by atoms with Gasteiger partial charge in [-0.05, 0) is 51.6 Å². The van der Waals surface area contributed by atoms with Crippen LogP contribution in [0.3, 0.4) is 0 Å². The van der Waals surface area contributed by atoms with Gasteiger partial charge in [0, 0.05) is 5.69 Å². The van der Waals surface area contributed by atoms with Crippen molar-refractivity contribution in [1.82, 2.24) is 9.71 Å². The molecule has 0 saturated carbocycles. The number of carbonyl (C=O) groups excluding carboxylic acids is 3. The number of aromatic nitrogens is 1. The van der Waals surface area contributed by atoms with Gasteiger partial charge in [-0.15, -0.1) is 0 Å². The maximum Gasteiger partial charge on any atom is 0.339 e. The molecule has 0 unspecified atom stereocenters. The van der Waals surface area contributed by atoms with Crippen LogP contribution in [0.5, 0.6) is 5.75 Å². The van der Waals surface area contributed by atoms with Crippen molar-refractivity contribution in [2.24, 2.45) is 0 Å². The van der Waals surface area contributed by atoms with Crippen molar-refractivity contribution in [3.8, 4) is 5.75 Å². The second-order valence-corrected chi connectivity index (χ2v) is 8.46. The molecule has 0 aliphatic heterocycles. The molecule has 0 radical (unpaired) electrons. The van der Waals surface area contributed by atoms with Gasteiger partial charge in [0.15, 0.2) is 6.10 Å². The molecule has 0 bridgehead atoms. The van der Waals surface area contributed by atoms with Crippen LogP contribution in [-0.4, -0.2) is 58.5 Å². The highest BCUT2D eigenvalue weighted by Gasteiger charge is 2.28. The van der Waals surface area contributed by atoms with E-state index in [9.17, 15) is 22.8 Å². The smallest absolute Gasteiger partial charge is 0.339 e. The lowest BCUT2D eigenvalue weighted by atomic mass is 10.1. The van der Waals surface area contributed by atoms with Crippen LogP contribution in [0.25, 0.3) is 0 Å². The summed E-state index contributed by atoms with van der Waals surface area (Å²) >= 11 is 0. The van der Waals surface area contributed by atoms with Crippen LogP contribution in [0.15, 0.2) is 23.1 Å². The Labute approximate surface area is 179 Å². The normalized spacial score (nSPS) is 12.2. The Bertz CT molecular complexity index is 1130.